The number of rotatable bonds is 7. The SMILES string of the molecule is COC1CC(OC2CCC3(C)C(C)(CCC45CCC(C6=CC(=O)OC6)C(C)(CCC43C)C5=O)C2)OC(C)C1OC1OC(CO)C(O)C(O)C1O. The summed E-state index contributed by atoms with van der Waals surface area (Å²) < 4.78 is 35.9. The predicted molar refractivity (Wildman–Crippen MR) is 177 cm³/mol. The van der Waals surface area contributed by atoms with E-state index in [-0.39, 0.29) is 39.7 Å². The smallest absolute Gasteiger partial charge is 0.331 e. The van der Waals surface area contributed by atoms with Crippen molar-refractivity contribution in [1.82, 2.24) is 0 Å². The molecule has 2 saturated heterocycles. The van der Waals surface area contributed by atoms with Crippen LogP contribution in [0.1, 0.15) is 98.8 Å². The largest absolute Gasteiger partial charge is 0.458 e. The van der Waals surface area contributed by atoms with E-state index >= 15 is 0 Å². The molecule has 4 saturated carbocycles. The van der Waals surface area contributed by atoms with E-state index in [0.29, 0.717) is 18.8 Å². The Labute approximate surface area is 295 Å². The van der Waals surface area contributed by atoms with Crippen molar-refractivity contribution < 1.29 is 58.4 Å². The van der Waals surface area contributed by atoms with Gasteiger partial charge in [-0.2, -0.15) is 0 Å². The number of fused-ring (bicyclic) bond motifs is 3. The molecular weight excluding hydrogens is 648 g/mol. The first-order valence-electron chi connectivity index (χ1n) is 18.8. The first kappa shape index (κ1) is 36.9. The lowest BCUT2D eigenvalue weighted by molar-refractivity contribution is -0.346. The Morgan fingerprint density at radius 2 is 1.64 bits per heavy atom. The fraction of sp³-hybridized carbons (Fsp3) is 0.895. The third kappa shape index (κ3) is 5.25. The number of carbonyl (C=O) groups is 2. The van der Waals surface area contributed by atoms with Crippen LogP contribution in [0.4, 0.5) is 0 Å². The van der Waals surface area contributed by atoms with Crippen molar-refractivity contribution in [3.05, 3.63) is 11.6 Å². The van der Waals surface area contributed by atoms with E-state index in [1.165, 1.54) is 0 Å². The molecule has 0 aromatic heterocycles. The average Bonchev–Trinajstić information content (AvgIpc) is 3.51. The van der Waals surface area contributed by atoms with Crippen molar-refractivity contribution in [3.63, 3.8) is 0 Å². The normalized spacial score (nSPS) is 53.6. The molecule has 4 N–H and O–H groups in total. The van der Waals surface area contributed by atoms with Crippen LogP contribution in [0.2, 0.25) is 0 Å². The number of aliphatic hydroxyl groups excluding tert-OH is 4. The molecule has 7 aliphatic rings. The number of ketones is 1. The van der Waals surface area contributed by atoms with Gasteiger partial charge in [-0.3, -0.25) is 4.79 Å². The highest BCUT2D eigenvalue weighted by Gasteiger charge is 2.75. The quantitative estimate of drug-likeness (QED) is 0.226. The fourth-order valence-corrected chi connectivity index (χ4v) is 12.2. The van der Waals surface area contributed by atoms with E-state index in [0.717, 1.165) is 63.4 Å². The van der Waals surface area contributed by atoms with Crippen LogP contribution < -0.4 is 0 Å². The van der Waals surface area contributed by atoms with Gasteiger partial charge < -0.3 is 48.8 Å². The lowest BCUT2D eigenvalue weighted by Crippen LogP contribution is -2.71. The Bertz CT molecular complexity index is 1370. The fourth-order valence-electron chi connectivity index (χ4n) is 12.2. The van der Waals surface area contributed by atoms with Gasteiger partial charge in [0.25, 0.3) is 0 Å². The van der Waals surface area contributed by atoms with E-state index in [2.05, 4.69) is 27.7 Å². The molecule has 4 aliphatic carbocycles. The standard InChI is InChI=1S/C38H58O12/c1-20-31(50-32-30(43)29(42)28(41)25(18-39)49-32)24(45-6)16-27(47-20)48-22-7-9-36(4)34(2,17-22)11-14-38-10-8-23(21-15-26(40)46-19-21)35(3,33(38)44)12-13-37(36,38)5/h15,20,22-25,27-32,39,41-43H,7-14,16-19H2,1-6H3. The number of hydrogen-bond donors (Lipinski definition) is 4. The summed E-state index contributed by atoms with van der Waals surface area (Å²) in [4.78, 5) is 26.8. The van der Waals surface area contributed by atoms with Crippen LogP contribution in [0.5, 0.6) is 0 Å². The highest BCUT2D eigenvalue weighted by Crippen LogP contribution is 2.78. The Morgan fingerprint density at radius 1 is 0.880 bits per heavy atom. The minimum absolute atomic E-state index is 0.0320. The van der Waals surface area contributed by atoms with Crippen LogP contribution in [0.15, 0.2) is 11.6 Å². The molecular formula is C38H58O12. The van der Waals surface area contributed by atoms with Crippen LogP contribution >= 0.6 is 0 Å². The molecule has 0 aromatic rings. The highest BCUT2D eigenvalue weighted by atomic mass is 16.7. The molecule has 16 unspecified atom stereocenters. The molecule has 12 heteroatoms. The van der Waals surface area contributed by atoms with Crippen LogP contribution in [-0.4, -0.2) is 114 Å². The van der Waals surface area contributed by atoms with Gasteiger partial charge in [-0.05, 0) is 92.4 Å². The maximum absolute atomic E-state index is 14.8. The summed E-state index contributed by atoms with van der Waals surface area (Å²) in [6.07, 6.45) is 0.997. The summed E-state index contributed by atoms with van der Waals surface area (Å²) in [7, 11) is 1.58. The Kier molecular flexibility index (Phi) is 9.46. The monoisotopic (exact) mass is 706 g/mol. The van der Waals surface area contributed by atoms with E-state index in [4.69, 9.17) is 28.4 Å². The molecule has 0 amide bonds. The molecule has 0 radical (unpaired) electrons. The summed E-state index contributed by atoms with van der Waals surface area (Å²) in [5.74, 6) is 0.189. The zero-order valence-corrected chi connectivity index (χ0v) is 30.5. The lowest BCUT2D eigenvalue weighted by Gasteiger charge is -2.74. The van der Waals surface area contributed by atoms with Crippen LogP contribution in [-0.2, 0) is 38.0 Å². The van der Waals surface area contributed by atoms with Gasteiger partial charge in [0.05, 0.1) is 24.9 Å². The topological polar surface area (TPSA) is 170 Å². The summed E-state index contributed by atoms with van der Waals surface area (Å²) in [6, 6.07) is 0. The van der Waals surface area contributed by atoms with Gasteiger partial charge in [-0.1, -0.05) is 27.7 Å². The van der Waals surface area contributed by atoms with Crippen molar-refractivity contribution in [2.24, 2.45) is 33.0 Å². The van der Waals surface area contributed by atoms with Crippen LogP contribution in [0.25, 0.3) is 0 Å². The molecule has 6 fully saturated rings. The van der Waals surface area contributed by atoms with Crippen LogP contribution in [0.3, 0.4) is 0 Å². The summed E-state index contributed by atoms with van der Waals surface area (Å²) >= 11 is 0. The second-order valence-corrected chi connectivity index (χ2v) is 17.6. The number of esters is 1. The minimum Gasteiger partial charge on any atom is -0.458 e. The third-order valence-electron chi connectivity index (χ3n) is 15.6. The number of cyclic esters (lactones) is 1. The first-order valence-corrected chi connectivity index (χ1v) is 18.8. The van der Waals surface area contributed by atoms with Crippen molar-refractivity contribution in [3.8, 4) is 0 Å². The zero-order chi connectivity index (χ0) is 36.0. The molecule has 16 atom stereocenters. The van der Waals surface area contributed by atoms with Gasteiger partial charge in [0, 0.05) is 30.4 Å². The average molecular weight is 707 g/mol. The maximum atomic E-state index is 14.8. The molecule has 2 bridgehead atoms. The number of aliphatic hydroxyl groups is 4. The molecule has 7 rings (SSSR count). The second-order valence-electron chi connectivity index (χ2n) is 17.6. The first-order chi connectivity index (χ1) is 23.6. The number of hydrogen-bond acceptors (Lipinski definition) is 12. The number of carbonyl (C=O) groups excluding carboxylic acids is 2. The summed E-state index contributed by atoms with van der Waals surface area (Å²) in [5, 5.41) is 40.6. The number of methoxy groups -OCH3 is 1. The molecule has 3 heterocycles. The minimum atomic E-state index is -1.54. The molecule has 0 aromatic carbocycles. The maximum Gasteiger partial charge on any atom is 0.331 e. The number of ether oxygens (including phenoxy) is 6. The predicted octanol–water partition coefficient (Wildman–Crippen LogP) is 2.95. The van der Waals surface area contributed by atoms with Crippen molar-refractivity contribution in [2.75, 3.05) is 20.3 Å². The highest BCUT2D eigenvalue weighted by molar-refractivity contribution is 5.94. The number of Topliss-reactive ketones (excluding diaryl/α,β-unsaturated/α-hetero) is 1. The Balaban J connectivity index is 1.02. The Morgan fingerprint density at radius 3 is 2.32 bits per heavy atom. The zero-order valence-electron chi connectivity index (χ0n) is 30.5. The van der Waals surface area contributed by atoms with Crippen molar-refractivity contribution in [1.29, 1.82) is 0 Å². The second kappa shape index (κ2) is 12.8. The van der Waals surface area contributed by atoms with E-state index in [1.54, 1.807) is 13.2 Å². The van der Waals surface area contributed by atoms with Gasteiger partial charge in [-0.25, -0.2) is 4.79 Å². The van der Waals surface area contributed by atoms with E-state index in [9.17, 15) is 30.0 Å². The van der Waals surface area contributed by atoms with E-state index < -0.39 is 67.3 Å². The summed E-state index contributed by atoms with van der Waals surface area (Å²) in [5.41, 5.74) is -0.0957. The van der Waals surface area contributed by atoms with Crippen LogP contribution in [0, 0.1) is 33.0 Å². The molecule has 1 spiro atoms. The summed E-state index contributed by atoms with van der Waals surface area (Å²) in [6.45, 7) is 11.0. The van der Waals surface area contributed by atoms with Crippen molar-refractivity contribution in [2.45, 2.75) is 160 Å². The lowest BCUT2D eigenvalue weighted by atomic mass is 9.29. The Hall–Kier alpha value is -1.48. The molecule has 3 aliphatic heterocycles. The van der Waals surface area contributed by atoms with Gasteiger partial charge in [0.1, 0.15) is 42.9 Å². The van der Waals surface area contributed by atoms with Gasteiger partial charge in [0.15, 0.2) is 12.6 Å². The molecule has 50 heavy (non-hydrogen) atoms. The third-order valence-corrected chi connectivity index (χ3v) is 15.6. The van der Waals surface area contributed by atoms with E-state index in [1.807, 2.05) is 6.92 Å². The molecule has 282 valence electrons. The molecule has 12 nitrogen and oxygen atoms in total. The van der Waals surface area contributed by atoms with Gasteiger partial charge in [-0.15, -0.1) is 0 Å². The van der Waals surface area contributed by atoms with Crippen molar-refractivity contribution >= 4 is 11.8 Å². The van der Waals surface area contributed by atoms with Gasteiger partial charge >= 0.3 is 5.97 Å². The van der Waals surface area contributed by atoms with Gasteiger partial charge in [0.2, 0.25) is 0 Å².